The Hall–Kier alpha value is -2.42. The fraction of sp³-hybridized carbons (Fsp3) is 0.457. The number of hydrogen-bond donors (Lipinski definition) is 1. The van der Waals surface area contributed by atoms with E-state index in [9.17, 15) is 13.2 Å². The summed E-state index contributed by atoms with van der Waals surface area (Å²) in [5, 5.41) is 3.64. The lowest BCUT2D eigenvalue weighted by Crippen LogP contribution is -2.43. The normalized spacial score (nSPS) is 21.5. The predicted octanol–water partition coefficient (Wildman–Crippen LogP) is 7.16. The van der Waals surface area contributed by atoms with E-state index in [4.69, 9.17) is 23.2 Å². The Morgan fingerprint density at radius 2 is 1.66 bits per heavy atom. The second kappa shape index (κ2) is 14.8. The van der Waals surface area contributed by atoms with Crippen LogP contribution in [0.4, 0.5) is 0 Å². The zero-order valence-corrected chi connectivity index (χ0v) is 27.9. The molecule has 1 fully saturated rings. The minimum atomic E-state index is -3.91. The van der Waals surface area contributed by atoms with E-state index in [1.807, 2.05) is 24.3 Å². The van der Waals surface area contributed by atoms with Crippen molar-refractivity contribution in [2.75, 3.05) is 27.2 Å². The largest absolute Gasteiger partial charge is 0.356 e. The molecule has 1 aliphatic heterocycles. The number of carbonyl (C=O) groups is 1. The van der Waals surface area contributed by atoms with Crippen molar-refractivity contribution in [3.8, 4) is 0 Å². The number of amides is 1. The van der Waals surface area contributed by atoms with Crippen LogP contribution in [0.2, 0.25) is 10.0 Å². The van der Waals surface area contributed by atoms with Crippen molar-refractivity contribution in [2.45, 2.75) is 68.3 Å². The molecule has 1 aliphatic carbocycles. The highest BCUT2D eigenvalue weighted by Gasteiger charge is 2.38. The summed E-state index contributed by atoms with van der Waals surface area (Å²) >= 11 is 12.2. The maximum absolute atomic E-state index is 13.8. The molecule has 44 heavy (non-hydrogen) atoms. The van der Waals surface area contributed by atoms with Gasteiger partial charge in [-0.05, 0) is 106 Å². The highest BCUT2D eigenvalue weighted by Crippen LogP contribution is 2.38. The first-order chi connectivity index (χ1) is 21.1. The van der Waals surface area contributed by atoms with Gasteiger partial charge in [0.05, 0.1) is 21.0 Å². The third kappa shape index (κ3) is 7.86. The summed E-state index contributed by atoms with van der Waals surface area (Å²) in [6, 6.07) is 22.8. The molecule has 0 radical (unpaired) electrons. The molecule has 0 saturated heterocycles. The van der Waals surface area contributed by atoms with Gasteiger partial charge in [-0.2, -0.15) is 4.31 Å². The van der Waals surface area contributed by atoms with Gasteiger partial charge < -0.3 is 10.2 Å². The van der Waals surface area contributed by atoms with Gasteiger partial charge in [0, 0.05) is 25.6 Å². The molecule has 2 aliphatic rings. The van der Waals surface area contributed by atoms with Gasteiger partial charge in [-0.25, -0.2) is 8.42 Å². The van der Waals surface area contributed by atoms with E-state index in [1.54, 1.807) is 0 Å². The highest BCUT2D eigenvalue weighted by molar-refractivity contribution is 7.89. The average Bonchev–Trinajstić information content (AvgIpc) is 3.02. The molecule has 1 amide bonds. The third-order valence-corrected chi connectivity index (χ3v) is 12.1. The molecule has 6 nitrogen and oxygen atoms in total. The number of aryl methyl sites for hydroxylation is 1. The number of sulfonamides is 1. The molecule has 5 rings (SSSR count). The third-order valence-electron chi connectivity index (χ3n) is 9.50. The Balaban J connectivity index is 1.19. The zero-order valence-electron chi connectivity index (χ0n) is 25.6. The molecule has 236 valence electrons. The number of halogens is 2. The van der Waals surface area contributed by atoms with Crippen molar-refractivity contribution in [1.82, 2.24) is 14.5 Å². The van der Waals surface area contributed by atoms with E-state index in [0.717, 1.165) is 49.7 Å². The topological polar surface area (TPSA) is 69.7 Å². The molecule has 2 unspecified atom stereocenters. The first-order valence-corrected chi connectivity index (χ1v) is 17.8. The van der Waals surface area contributed by atoms with Crippen molar-refractivity contribution in [3.05, 3.63) is 99.5 Å². The Kier molecular flexibility index (Phi) is 11.1. The molecular weight excluding hydrogens is 613 g/mol. The van der Waals surface area contributed by atoms with E-state index < -0.39 is 16.1 Å². The first-order valence-electron chi connectivity index (χ1n) is 15.6. The van der Waals surface area contributed by atoms with Gasteiger partial charge in [0.1, 0.15) is 0 Å². The Bertz CT molecular complexity index is 1530. The lowest BCUT2D eigenvalue weighted by Gasteiger charge is -2.38. The number of nitrogens with one attached hydrogen (secondary N) is 1. The molecule has 0 bridgehead atoms. The van der Waals surface area contributed by atoms with Crippen LogP contribution in [-0.2, 0) is 27.7 Å². The van der Waals surface area contributed by atoms with Crippen molar-refractivity contribution < 1.29 is 13.2 Å². The number of fused-ring (bicyclic) bond motifs is 1. The lowest BCUT2D eigenvalue weighted by molar-refractivity contribution is -0.122. The van der Waals surface area contributed by atoms with Crippen LogP contribution in [0.5, 0.6) is 0 Å². The Morgan fingerprint density at radius 1 is 0.955 bits per heavy atom. The number of carbonyl (C=O) groups excluding carboxylic acids is 1. The van der Waals surface area contributed by atoms with Crippen molar-refractivity contribution >= 4 is 39.1 Å². The number of benzene rings is 3. The molecule has 3 aromatic carbocycles. The minimum absolute atomic E-state index is 0.0646. The summed E-state index contributed by atoms with van der Waals surface area (Å²) in [4.78, 5) is 15.8. The minimum Gasteiger partial charge on any atom is -0.356 e. The Labute approximate surface area is 272 Å². The van der Waals surface area contributed by atoms with Crippen LogP contribution in [-0.4, -0.2) is 56.8 Å². The van der Waals surface area contributed by atoms with Gasteiger partial charge in [0.15, 0.2) is 0 Å². The van der Waals surface area contributed by atoms with Gasteiger partial charge in [0.25, 0.3) is 0 Å². The maximum Gasteiger partial charge on any atom is 0.243 e. The fourth-order valence-corrected chi connectivity index (χ4v) is 9.05. The van der Waals surface area contributed by atoms with E-state index >= 15 is 0 Å². The number of rotatable bonds is 11. The van der Waals surface area contributed by atoms with Crippen LogP contribution in [0.15, 0.2) is 77.7 Å². The predicted molar refractivity (Wildman–Crippen MR) is 179 cm³/mol. The van der Waals surface area contributed by atoms with Crippen LogP contribution >= 0.6 is 23.2 Å². The average molecular weight is 657 g/mol. The van der Waals surface area contributed by atoms with Gasteiger partial charge in [0.2, 0.25) is 15.9 Å². The quantitative estimate of drug-likeness (QED) is 0.238. The summed E-state index contributed by atoms with van der Waals surface area (Å²) < 4.78 is 29.1. The summed E-state index contributed by atoms with van der Waals surface area (Å²) in [5.41, 5.74) is 3.34. The van der Waals surface area contributed by atoms with Crippen LogP contribution < -0.4 is 5.32 Å². The van der Waals surface area contributed by atoms with Crippen LogP contribution in [0.1, 0.15) is 61.3 Å². The standard InChI is InChI=1S/C35H43Cl2N3O3S/c1-39(2)33(19-14-25-8-4-3-5-9-25)28-15-12-26(13-16-28)24-38-35(41)23-34-30-11-7-6-10-27(30)20-21-40(34)44(42,43)29-17-18-31(36)32(37)22-29/h3-11,17-18,22,26,28,33-34H,12-16,19-21,23-24H2,1-2H3,(H,38,41). The van der Waals surface area contributed by atoms with Gasteiger partial charge in [-0.3, -0.25) is 4.79 Å². The van der Waals surface area contributed by atoms with E-state index in [2.05, 4.69) is 54.6 Å². The SMILES string of the molecule is CN(C)C(CCc1ccccc1)C1CCC(CNC(=O)CC2c3ccccc3CCN2S(=O)(=O)c2ccc(Cl)c(Cl)c2)CC1. The van der Waals surface area contributed by atoms with Crippen LogP contribution in [0.25, 0.3) is 0 Å². The molecule has 1 saturated carbocycles. The second-order valence-corrected chi connectivity index (χ2v) is 15.2. The summed E-state index contributed by atoms with van der Waals surface area (Å²) in [6.45, 7) is 0.912. The fourth-order valence-electron chi connectivity index (χ4n) is 7.06. The van der Waals surface area contributed by atoms with Gasteiger partial charge >= 0.3 is 0 Å². The smallest absolute Gasteiger partial charge is 0.243 e. The molecule has 2 atom stereocenters. The van der Waals surface area contributed by atoms with Crippen LogP contribution in [0, 0.1) is 11.8 Å². The molecule has 3 aromatic rings. The first kappa shape index (κ1) is 33.0. The van der Waals surface area contributed by atoms with Gasteiger partial charge in [-0.1, -0.05) is 77.8 Å². The summed E-state index contributed by atoms with van der Waals surface area (Å²) in [7, 11) is 0.470. The van der Waals surface area contributed by atoms with E-state index in [0.29, 0.717) is 42.4 Å². The maximum atomic E-state index is 13.8. The van der Waals surface area contributed by atoms with Gasteiger partial charge in [-0.15, -0.1) is 0 Å². The molecule has 9 heteroatoms. The lowest BCUT2D eigenvalue weighted by atomic mass is 9.76. The molecule has 0 aromatic heterocycles. The van der Waals surface area contributed by atoms with Crippen molar-refractivity contribution in [1.29, 1.82) is 0 Å². The Morgan fingerprint density at radius 3 is 2.36 bits per heavy atom. The van der Waals surface area contributed by atoms with E-state index in [-0.39, 0.29) is 22.2 Å². The molecule has 1 N–H and O–H groups in total. The van der Waals surface area contributed by atoms with Crippen molar-refractivity contribution in [3.63, 3.8) is 0 Å². The summed E-state index contributed by atoms with van der Waals surface area (Å²) in [6.07, 6.45) is 7.37. The zero-order chi connectivity index (χ0) is 31.3. The molecule has 1 heterocycles. The molecular formula is C35H43Cl2N3O3S. The second-order valence-electron chi connectivity index (χ2n) is 12.5. The number of nitrogens with zero attached hydrogens (tertiary/aromatic N) is 2. The molecule has 0 spiro atoms. The monoisotopic (exact) mass is 655 g/mol. The van der Waals surface area contributed by atoms with Crippen LogP contribution in [0.3, 0.4) is 0 Å². The highest BCUT2D eigenvalue weighted by atomic mass is 35.5. The van der Waals surface area contributed by atoms with E-state index in [1.165, 1.54) is 28.1 Å². The summed E-state index contributed by atoms with van der Waals surface area (Å²) in [5.74, 6) is 0.957. The number of hydrogen-bond acceptors (Lipinski definition) is 4. The van der Waals surface area contributed by atoms with Crippen molar-refractivity contribution in [2.24, 2.45) is 11.8 Å².